The number of carboxylic acid groups (broad SMARTS) is 1. The molecule has 1 amide bonds. The van der Waals surface area contributed by atoms with Gasteiger partial charge in [0.15, 0.2) is 0 Å². The van der Waals surface area contributed by atoms with E-state index >= 15 is 0 Å². The Morgan fingerprint density at radius 3 is 2.75 bits per heavy atom. The van der Waals surface area contributed by atoms with Crippen molar-refractivity contribution in [1.29, 1.82) is 0 Å². The van der Waals surface area contributed by atoms with Gasteiger partial charge in [0.2, 0.25) is 0 Å². The molecule has 0 radical (unpaired) electrons. The molecule has 2 heterocycles. The quantitative estimate of drug-likeness (QED) is 0.873. The third-order valence-corrected chi connectivity index (χ3v) is 5.57. The van der Waals surface area contributed by atoms with Crippen LogP contribution in [0.4, 0.5) is 0 Å². The largest absolute Gasteiger partial charge is 0.481 e. The minimum absolute atomic E-state index is 0.0320. The molecular formula is C18H19NO4S. The average molecular weight is 345 g/mol. The summed E-state index contributed by atoms with van der Waals surface area (Å²) in [6, 6.07) is 10.8. The van der Waals surface area contributed by atoms with Crippen molar-refractivity contribution in [3.63, 3.8) is 0 Å². The van der Waals surface area contributed by atoms with Crippen molar-refractivity contribution in [2.45, 2.75) is 25.4 Å². The maximum Gasteiger partial charge on any atom is 0.315 e. The lowest BCUT2D eigenvalue weighted by atomic mass is 9.82. The van der Waals surface area contributed by atoms with Gasteiger partial charge in [0, 0.05) is 17.8 Å². The van der Waals surface area contributed by atoms with Crippen LogP contribution in [0.1, 0.15) is 32.6 Å². The van der Waals surface area contributed by atoms with Crippen LogP contribution in [0.2, 0.25) is 0 Å². The SMILES string of the molecule is CC(CNC(=O)c1cc2c(s1)CCOC2)(C(=O)O)c1ccccc1. The molecular weight excluding hydrogens is 326 g/mol. The summed E-state index contributed by atoms with van der Waals surface area (Å²) in [6.07, 6.45) is 0.824. The molecule has 5 nitrogen and oxygen atoms in total. The summed E-state index contributed by atoms with van der Waals surface area (Å²) in [6.45, 7) is 2.87. The molecule has 0 spiro atoms. The molecule has 1 aliphatic heterocycles. The van der Waals surface area contributed by atoms with Crippen molar-refractivity contribution < 1.29 is 19.4 Å². The van der Waals surface area contributed by atoms with Gasteiger partial charge in [-0.05, 0) is 24.1 Å². The predicted molar refractivity (Wildman–Crippen MR) is 91.4 cm³/mol. The van der Waals surface area contributed by atoms with Crippen molar-refractivity contribution in [1.82, 2.24) is 5.32 Å². The summed E-state index contributed by atoms with van der Waals surface area (Å²) < 4.78 is 5.39. The van der Waals surface area contributed by atoms with Crippen LogP contribution in [-0.2, 0) is 28.0 Å². The van der Waals surface area contributed by atoms with Crippen molar-refractivity contribution in [2.75, 3.05) is 13.2 Å². The number of carboxylic acids is 1. The van der Waals surface area contributed by atoms with Gasteiger partial charge in [-0.1, -0.05) is 30.3 Å². The monoisotopic (exact) mass is 345 g/mol. The average Bonchev–Trinajstić information content (AvgIpc) is 3.04. The lowest BCUT2D eigenvalue weighted by Crippen LogP contribution is -2.44. The molecule has 126 valence electrons. The first-order chi connectivity index (χ1) is 11.5. The number of hydrogen-bond donors (Lipinski definition) is 2. The van der Waals surface area contributed by atoms with Crippen LogP contribution in [-0.4, -0.2) is 30.1 Å². The number of amides is 1. The Labute approximate surface area is 144 Å². The van der Waals surface area contributed by atoms with Gasteiger partial charge < -0.3 is 15.2 Å². The Kier molecular flexibility index (Phi) is 4.69. The highest BCUT2D eigenvalue weighted by molar-refractivity contribution is 7.14. The number of carbonyl (C=O) groups excluding carboxylic acids is 1. The van der Waals surface area contributed by atoms with Crippen molar-refractivity contribution in [3.05, 3.63) is 57.3 Å². The fourth-order valence-electron chi connectivity index (χ4n) is 2.71. The Morgan fingerprint density at radius 2 is 2.08 bits per heavy atom. The van der Waals surface area contributed by atoms with Crippen LogP contribution < -0.4 is 5.32 Å². The van der Waals surface area contributed by atoms with Crippen LogP contribution in [0.25, 0.3) is 0 Å². The number of aliphatic carboxylic acids is 1. The molecule has 1 aliphatic rings. The summed E-state index contributed by atoms with van der Waals surface area (Å²) in [5.74, 6) is -1.20. The van der Waals surface area contributed by atoms with E-state index < -0.39 is 11.4 Å². The van der Waals surface area contributed by atoms with Gasteiger partial charge in [-0.15, -0.1) is 11.3 Å². The molecule has 0 fully saturated rings. The normalized spacial score (nSPS) is 16.0. The molecule has 0 saturated heterocycles. The van der Waals surface area contributed by atoms with Crippen molar-refractivity contribution >= 4 is 23.2 Å². The van der Waals surface area contributed by atoms with Crippen LogP contribution >= 0.6 is 11.3 Å². The van der Waals surface area contributed by atoms with E-state index in [1.165, 1.54) is 16.2 Å². The first-order valence-corrected chi connectivity index (χ1v) is 8.59. The maximum atomic E-state index is 12.4. The fraction of sp³-hybridized carbons (Fsp3) is 0.333. The second-order valence-corrected chi connectivity index (χ2v) is 7.18. The Morgan fingerprint density at radius 1 is 1.33 bits per heavy atom. The topological polar surface area (TPSA) is 75.6 Å². The third-order valence-electron chi connectivity index (χ3n) is 4.34. The zero-order valence-electron chi connectivity index (χ0n) is 13.4. The van der Waals surface area contributed by atoms with Gasteiger partial charge in [0.25, 0.3) is 5.91 Å². The summed E-state index contributed by atoms with van der Waals surface area (Å²) in [5, 5.41) is 12.4. The molecule has 2 N–H and O–H groups in total. The van der Waals surface area contributed by atoms with Crippen LogP contribution in [0, 0.1) is 0 Å². The number of hydrogen-bond acceptors (Lipinski definition) is 4. The standard InChI is InChI=1S/C18H19NO4S/c1-18(17(21)22,13-5-3-2-4-6-13)11-19-16(20)15-9-12-10-23-8-7-14(12)24-15/h2-6,9H,7-8,10-11H2,1H3,(H,19,20)(H,21,22). The minimum Gasteiger partial charge on any atom is -0.481 e. The van der Waals surface area contributed by atoms with Gasteiger partial charge in [0.05, 0.1) is 18.1 Å². The molecule has 0 bridgehead atoms. The molecule has 6 heteroatoms. The van der Waals surface area contributed by atoms with Crippen LogP contribution in [0.5, 0.6) is 0 Å². The maximum absolute atomic E-state index is 12.4. The molecule has 2 aromatic rings. The zero-order chi connectivity index (χ0) is 17.2. The molecule has 1 aromatic heterocycles. The number of benzene rings is 1. The number of carbonyl (C=O) groups is 2. The van der Waals surface area contributed by atoms with E-state index in [0.717, 1.165) is 12.0 Å². The second-order valence-electron chi connectivity index (χ2n) is 6.05. The van der Waals surface area contributed by atoms with Gasteiger partial charge in [0.1, 0.15) is 5.41 Å². The second kappa shape index (κ2) is 6.75. The number of rotatable bonds is 5. The van der Waals surface area contributed by atoms with Gasteiger partial charge in [-0.3, -0.25) is 9.59 Å². The lowest BCUT2D eigenvalue weighted by molar-refractivity contribution is -0.142. The first kappa shape index (κ1) is 16.7. The van der Waals surface area contributed by atoms with E-state index in [9.17, 15) is 14.7 Å². The molecule has 24 heavy (non-hydrogen) atoms. The molecule has 0 saturated carbocycles. The third kappa shape index (κ3) is 3.20. The summed E-state index contributed by atoms with van der Waals surface area (Å²) in [7, 11) is 0. The zero-order valence-corrected chi connectivity index (χ0v) is 14.2. The van der Waals surface area contributed by atoms with Gasteiger partial charge in [-0.2, -0.15) is 0 Å². The highest BCUT2D eigenvalue weighted by atomic mass is 32.1. The van der Waals surface area contributed by atoms with E-state index in [1.54, 1.807) is 31.2 Å². The van der Waals surface area contributed by atoms with Gasteiger partial charge in [-0.25, -0.2) is 0 Å². The number of fused-ring (bicyclic) bond motifs is 1. The number of thiophene rings is 1. The molecule has 3 rings (SSSR count). The lowest BCUT2D eigenvalue weighted by Gasteiger charge is -2.25. The van der Waals surface area contributed by atoms with Crippen LogP contribution in [0.15, 0.2) is 36.4 Å². The Bertz CT molecular complexity index is 732. The summed E-state index contributed by atoms with van der Waals surface area (Å²) in [4.78, 5) is 26.0. The van der Waals surface area contributed by atoms with E-state index in [-0.39, 0.29) is 12.5 Å². The molecule has 1 aromatic carbocycles. The molecule has 0 aliphatic carbocycles. The van der Waals surface area contributed by atoms with Crippen molar-refractivity contribution in [2.24, 2.45) is 0 Å². The Hall–Kier alpha value is -2.18. The van der Waals surface area contributed by atoms with E-state index in [1.807, 2.05) is 12.1 Å². The fourth-order valence-corrected chi connectivity index (χ4v) is 3.78. The van der Waals surface area contributed by atoms with E-state index in [0.29, 0.717) is 23.7 Å². The van der Waals surface area contributed by atoms with E-state index in [2.05, 4.69) is 5.32 Å². The highest BCUT2D eigenvalue weighted by Gasteiger charge is 2.35. The number of nitrogens with one attached hydrogen (secondary N) is 1. The molecule has 1 atom stereocenters. The number of ether oxygens (including phenoxy) is 1. The summed E-state index contributed by atoms with van der Waals surface area (Å²) in [5.41, 5.74) is 0.550. The van der Waals surface area contributed by atoms with E-state index in [4.69, 9.17) is 4.74 Å². The molecule has 1 unspecified atom stereocenters. The van der Waals surface area contributed by atoms with Crippen molar-refractivity contribution in [3.8, 4) is 0 Å². The smallest absolute Gasteiger partial charge is 0.315 e. The Balaban J connectivity index is 1.74. The summed E-state index contributed by atoms with van der Waals surface area (Å²) >= 11 is 1.46. The predicted octanol–water partition coefficient (Wildman–Crippen LogP) is 2.59. The highest BCUT2D eigenvalue weighted by Crippen LogP contribution is 2.28. The van der Waals surface area contributed by atoms with Crippen LogP contribution in [0.3, 0.4) is 0 Å². The first-order valence-electron chi connectivity index (χ1n) is 7.77. The minimum atomic E-state index is -1.17. The van der Waals surface area contributed by atoms with Gasteiger partial charge >= 0.3 is 5.97 Å².